The highest BCUT2D eigenvalue weighted by atomic mass is 35.5. The minimum atomic E-state index is -0.761. The van der Waals surface area contributed by atoms with E-state index in [0.29, 0.717) is 11.5 Å². The van der Waals surface area contributed by atoms with E-state index in [1.807, 2.05) is 0 Å². The Labute approximate surface area is 153 Å². The van der Waals surface area contributed by atoms with Gasteiger partial charge in [0.2, 0.25) is 5.91 Å². The van der Waals surface area contributed by atoms with Crippen molar-refractivity contribution >= 4 is 35.2 Å². The van der Waals surface area contributed by atoms with Crippen molar-refractivity contribution in [3.63, 3.8) is 0 Å². The van der Waals surface area contributed by atoms with Gasteiger partial charge in [0.1, 0.15) is 29.6 Å². The molecule has 1 aromatic carbocycles. The van der Waals surface area contributed by atoms with Gasteiger partial charge in [-0.15, -0.1) is 11.8 Å². The van der Waals surface area contributed by atoms with Gasteiger partial charge in [0.25, 0.3) is 0 Å². The quantitative estimate of drug-likeness (QED) is 0.752. The van der Waals surface area contributed by atoms with E-state index in [0.717, 1.165) is 0 Å². The maximum atomic E-state index is 13.8. The third kappa shape index (κ3) is 3.67. The zero-order valence-corrected chi connectivity index (χ0v) is 14.8. The van der Waals surface area contributed by atoms with Crippen molar-refractivity contribution in [2.75, 3.05) is 5.75 Å². The molecule has 0 N–H and O–H groups in total. The molecule has 0 aliphatic carbocycles. The number of hydrogen-bond acceptors (Lipinski definition) is 5. The number of nitrogens with zero attached hydrogens (tertiary/aromatic N) is 1. The molecular weight excluding hydrogens is 369 g/mol. The second-order valence-corrected chi connectivity index (χ2v) is 6.97. The molecule has 5 nitrogen and oxygen atoms in total. The molecule has 0 spiro atoms. The summed E-state index contributed by atoms with van der Waals surface area (Å²) in [6.07, 6.45) is 1.51. The van der Waals surface area contributed by atoms with Crippen molar-refractivity contribution in [1.82, 2.24) is 4.90 Å². The van der Waals surface area contributed by atoms with Crippen LogP contribution in [0.2, 0.25) is 5.02 Å². The molecule has 1 aromatic heterocycles. The lowest BCUT2D eigenvalue weighted by molar-refractivity contribution is -0.154. The number of rotatable bonds is 4. The Kier molecular flexibility index (Phi) is 5.34. The summed E-state index contributed by atoms with van der Waals surface area (Å²) in [5.41, 5.74) is 0.111. The Morgan fingerprint density at radius 2 is 2.20 bits per heavy atom. The smallest absolute Gasteiger partial charge is 0.330 e. The molecule has 0 unspecified atom stereocenters. The van der Waals surface area contributed by atoms with E-state index in [2.05, 4.69) is 0 Å². The lowest BCUT2D eigenvalue weighted by atomic mass is 10.2. The predicted octanol–water partition coefficient (Wildman–Crippen LogP) is 3.78. The molecule has 3 rings (SSSR count). The Morgan fingerprint density at radius 1 is 1.40 bits per heavy atom. The fourth-order valence-electron chi connectivity index (χ4n) is 2.63. The van der Waals surface area contributed by atoms with Crippen molar-refractivity contribution in [2.45, 2.75) is 24.9 Å². The zero-order valence-electron chi connectivity index (χ0n) is 13.3. The molecular formula is C17H15ClFNO4S. The van der Waals surface area contributed by atoms with Gasteiger partial charge in [0.05, 0.1) is 11.3 Å². The third-order valence-electron chi connectivity index (χ3n) is 3.84. The van der Waals surface area contributed by atoms with E-state index in [1.54, 1.807) is 12.1 Å². The summed E-state index contributed by atoms with van der Waals surface area (Å²) in [6, 6.07) is 6.95. The van der Waals surface area contributed by atoms with Crippen LogP contribution in [0.5, 0.6) is 0 Å². The Morgan fingerprint density at radius 3 is 2.84 bits per heavy atom. The van der Waals surface area contributed by atoms with Crippen LogP contribution >= 0.6 is 23.4 Å². The summed E-state index contributed by atoms with van der Waals surface area (Å²) in [6.45, 7) is 1.10. The van der Waals surface area contributed by atoms with Crippen LogP contribution in [0.25, 0.3) is 0 Å². The molecule has 0 radical (unpaired) electrons. The van der Waals surface area contributed by atoms with Crippen molar-refractivity contribution in [3.05, 3.63) is 58.8 Å². The second-order valence-electron chi connectivity index (χ2n) is 5.45. The standard InChI is InChI=1S/C17H15ClFNO4S/c1-10(21)20-14(9-25-16(20)15-6-3-7-23-15)17(22)24-8-11-12(18)4-2-5-13(11)19/h2-7,14,16H,8-9H2,1H3/t14-,16-/m1/s1. The topological polar surface area (TPSA) is 59.8 Å². The van der Waals surface area contributed by atoms with Crippen LogP contribution in [0, 0.1) is 5.82 Å². The first-order valence-corrected chi connectivity index (χ1v) is 8.95. The summed E-state index contributed by atoms with van der Waals surface area (Å²) in [5, 5.41) is -0.201. The lowest BCUT2D eigenvalue weighted by Crippen LogP contribution is -2.42. The van der Waals surface area contributed by atoms with E-state index in [9.17, 15) is 14.0 Å². The number of benzene rings is 1. The largest absolute Gasteiger partial charge is 0.466 e. The van der Waals surface area contributed by atoms with Crippen LogP contribution in [-0.2, 0) is 20.9 Å². The molecule has 25 heavy (non-hydrogen) atoms. The van der Waals surface area contributed by atoms with Crippen molar-refractivity contribution < 1.29 is 23.1 Å². The highest BCUT2D eigenvalue weighted by Gasteiger charge is 2.43. The number of furan rings is 1. The van der Waals surface area contributed by atoms with E-state index in [4.69, 9.17) is 20.8 Å². The van der Waals surface area contributed by atoms with Crippen LogP contribution < -0.4 is 0 Å². The maximum Gasteiger partial charge on any atom is 0.330 e. The first kappa shape index (κ1) is 17.8. The number of halogens is 2. The van der Waals surface area contributed by atoms with Crippen molar-refractivity contribution in [1.29, 1.82) is 0 Å². The Bertz CT molecular complexity index is 763. The van der Waals surface area contributed by atoms with Gasteiger partial charge in [-0.3, -0.25) is 4.79 Å². The molecule has 2 heterocycles. The van der Waals surface area contributed by atoms with E-state index >= 15 is 0 Å². The molecule has 132 valence electrons. The minimum Gasteiger partial charge on any atom is -0.466 e. The number of amides is 1. The molecule has 0 saturated carbocycles. The first-order chi connectivity index (χ1) is 12.0. The van der Waals surface area contributed by atoms with Gasteiger partial charge in [-0.1, -0.05) is 17.7 Å². The van der Waals surface area contributed by atoms with E-state index in [-0.39, 0.29) is 28.5 Å². The van der Waals surface area contributed by atoms with Crippen LogP contribution in [-0.4, -0.2) is 28.6 Å². The lowest BCUT2D eigenvalue weighted by Gasteiger charge is -2.25. The molecule has 8 heteroatoms. The summed E-state index contributed by atoms with van der Waals surface area (Å²) < 4.78 is 24.3. The molecule has 1 amide bonds. The zero-order chi connectivity index (χ0) is 18.0. The summed E-state index contributed by atoms with van der Waals surface area (Å²) in [5.74, 6) is -0.451. The van der Waals surface area contributed by atoms with Crippen molar-refractivity contribution in [2.24, 2.45) is 0 Å². The number of thioether (sulfide) groups is 1. The molecule has 0 bridgehead atoms. The second kappa shape index (κ2) is 7.49. The SMILES string of the molecule is CC(=O)N1[C@@H](C(=O)OCc2c(F)cccc2Cl)CS[C@@H]1c1ccco1. The van der Waals surface area contributed by atoms with E-state index in [1.165, 1.54) is 48.0 Å². The number of carbonyl (C=O) groups is 2. The molecule has 2 aromatic rings. The molecule has 2 atom stereocenters. The Hall–Kier alpha value is -1.99. The van der Waals surface area contributed by atoms with Gasteiger partial charge in [0.15, 0.2) is 0 Å². The first-order valence-electron chi connectivity index (χ1n) is 7.52. The molecule has 1 saturated heterocycles. The molecule has 1 aliphatic heterocycles. The average Bonchev–Trinajstić information content (AvgIpc) is 3.23. The van der Waals surface area contributed by atoms with Gasteiger partial charge in [-0.05, 0) is 24.3 Å². The number of esters is 1. The van der Waals surface area contributed by atoms with Crippen molar-refractivity contribution in [3.8, 4) is 0 Å². The third-order valence-corrected chi connectivity index (χ3v) is 5.48. The molecule has 1 aliphatic rings. The number of hydrogen-bond donors (Lipinski definition) is 0. The highest BCUT2D eigenvalue weighted by Crippen LogP contribution is 2.41. The fourth-order valence-corrected chi connectivity index (χ4v) is 4.27. The number of ether oxygens (including phenoxy) is 1. The highest BCUT2D eigenvalue weighted by molar-refractivity contribution is 7.99. The van der Waals surface area contributed by atoms with Gasteiger partial charge < -0.3 is 14.1 Å². The van der Waals surface area contributed by atoms with Gasteiger partial charge in [-0.2, -0.15) is 0 Å². The summed E-state index contributed by atoms with van der Waals surface area (Å²) >= 11 is 7.34. The fraction of sp³-hybridized carbons (Fsp3) is 0.294. The van der Waals surface area contributed by atoms with Gasteiger partial charge in [0, 0.05) is 18.2 Å². The maximum absolute atomic E-state index is 13.8. The summed E-state index contributed by atoms with van der Waals surface area (Å²) in [4.78, 5) is 25.9. The molecule has 1 fully saturated rings. The number of carbonyl (C=O) groups excluding carboxylic acids is 2. The normalized spacial score (nSPS) is 19.9. The Balaban J connectivity index is 1.72. The monoisotopic (exact) mass is 383 g/mol. The van der Waals surface area contributed by atoms with Gasteiger partial charge in [-0.25, -0.2) is 9.18 Å². The average molecular weight is 384 g/mol. The van der Waals surface area contributed by atoms with E-state index < -0.39 is 17.8 Å². The van der Waals surface area contributed by atoms with Crippen LogP contribution in [0.15, 0.2) is 41.0 Å². The van der Waals surface area contributed by atoms with Gasteiger partial charge >= 0.3 is 5.97 Å². The summed E-state index contributed by atoms with van der Waals surface area (Å²) in [7, 11) is 0. The van der Waals surface area contributed by atoms with Crippen LogP contribution in [0.1, 0.15) is 23.6 Å². The van der Waals surface area contributed by atoms with Crippen LogP contribution in [0.4, 0.5) is 4.39 Å². The predicted molar refractivity (Wildman–Crippen MR) is 91.4 cm³/mol. The minimum absolute atomic E-state index is 0.111. The van der Waals surface area contributed by atoms with Crippen LogP contribution in [0.3, 0.4) is 0 Å².